The molecule has 0 radical (unpaired) electrons. The average molecular weight is 913 g/mol. The van der Waals surface area contributed by atoms with Crippen LogP contribution in [0.4, 0.5) is 34.1 Å². The number of rotatable bonds is 7. The van der Waals surface area contributed by atoms with Crippen molar-refractivity contribution in [2.75, 3.05) is 9.80 Å². The van der Waals surface area contributed by atoms with Crippen LogP contribution in [0.5, 0.6) is 0 Å². The van der Waals surface area contributed by atoms with E-state index in [-0.39, 0.29) is 0 Å². The second-order valence-electron chi connectivity index (χ2n) is 16.8. The van der Waals surface area contributed by atoms with Crippen LogP contribution < -0.4 is 9.80 Å². The summed E-state index contributed by atoms with van der Waals surface area (Å²) in [6.45, 7) is 0. The van der Waals surface area contributed by atoms with Crippen molar-refractivity contribution < 1.29 is 0 Å². The third-order valence-corrected chi connectivity index (χ3v) is 17.7. The topological polar surface area (TPSA) is 6.48 Å². The molecule has 310 valence electrons. The molecule has 2 nitrogen and oxygen atoms in total. The minimum Gasteiger partial charge on any atom is -0.310 e. The first-order valence-corrected chi connectivity index (χ1v) is 25.4. The van der Waals surface area contributed by atoms with Crippen LogP contribution in [0.15, 0.2) is 218 Å². The lowest BCUT2D eigenvalue weighted by Gasteiger charge is -2.30. The summed E-state index contributed by atoms with van der Waals surface area (Å²) in [6.07, 6.45) is 0. The van der Waals surface area contributed by atoms with E-state index in [0.29, 0.717) is 0 Å². The van der Waals surface area contributed by atoms with Crippen molar-refractivity contribution in [2.45, 2.75) is 0 Å². The van der Waals surface area contributed by atoms with Crippen molar-refractivity contribution in [2.24, 2.45) is 0 Å². The standard InChI is InChI=1S/C60H36N2S4/c1-3-14-38(15-4-1)61(40-27-30-55-48(33-40)44-18-7-10-22-52(44)63-55)42-35-50-47-32-37(43-21-13-25-58-59(43)46-20-9-12-24-54(46)65-58)26-29-57(47)66-60(50)51(36-42)62(39-16-5-2-6-17-39)41-28-31-56-49(34-41)45-19-8-11-23-53(45)64-56/h1-36H. The predicted octanol–water partition coefficient (Wildman–Crippen LogP) is 19.8. The second kappa shape index (κ2) is 15.1. The monoisotopic (exact) mass is 912 g/mol. The molecular weight excluding hydrogens is 877 g/mol. The Bertz CT molecular complexity index is 4200. The van der Waals surface area contributed by atoms with Gasteiger partial charge in [0.2, 0.25) is 0 Å². The lowest BCUT2D eigenvalue weighted by Crippen LogP contribution is -2.13. The number of hydrogen-bond acceptors (Lipinski definition) is 6. The maximum atomic E-state index is 2.49. The van der Waals surface area contributed by atoms with Crippen molar-refractivity contribution in [3.63, 3.8) is 0 Å². The Balaban J connectivity index is 1.07. The third kappa shape index (κ3) is 6.03. The molecule has 0 amide bonds. The van der Waals surface area contributed by atoms with E-state index in [4.69, 9.17) is 0 Å². The van der Waals surface area contributed by atoms with Crippen LogP contribution in [-0.4, -0.2) is 0 Å². The fourth-order valence-corrected chi connectivity index (χ4v) is 14.5. The van der Waals surface area contributed by atoms with Crippen molar-refractivity contribution in [1.29, 1.82) is 0 Å². The molecule has 0 spiro atoms. The molecule has 10 aromatic carbocycles. The van der Waals surface area contributed by atoms with Gasteiger partial charge in [0, 0.05) is 104 Å². The maximum absolute atomic E-state index is 2.49. The molecule has 4 heterocycles. The van der Waals surface area contributed by atoms with Crippen molar-refractivity contribution >= 4 is 160 Å². The third-order valence-electron chi connectivity index (χ3n) is 13.0. The molecular formula is C60H36N2S4. The van der Waals surface area contributed by atoms with Crippen LogP contribution in [0.2, 0.25) is 0 Å². The lowest BCUT2D eigenvalue weighted by molar-refractivity contribution is 1.27. The van der Waals surface area contributed by atoms with Crippen LogP contribution in [0.1, 0.15) is 0 Å². The van der Waals surface area contributed by atoms with Crippen LogP contribution in [0, 0.1) is 0 Å². The van der Waals surface area contributed by atoms with E-state index < -0.39 is 0 Å². The summed E-state index contributed by atoms with van der Waals surface area (Å²) in [5, 5.41) is 10.3. The zero-order chi connectivity index (χ0) is 43.3. The molecule has 0 aliphatic heterocycles. The van der Waals surface area contributed by atoms with E-state index in [1.165, 1.54) is 91.8 Å². The van der Waals surface area contributed by atoms with E-state index in [9.17, 15) is 0 Å². The van der Waals surface area contributed by atoms with E-state index in [2.05, 4.69) is 228 Å². The van der Waals surface area contributed by atoms with E-state index in [1.807, 2.05) is 45.3 Å². The molecule has 0 N–H and O–H groups in total. The van der Waals surface area contributed by atoms with Crippen LogP contribution in [0.25, 0.3) is 91.8 Å². The number of anilines is 6. The highest BCUT2D eigenvalue weighted by atomic mass is 32.1. The van der Waals surface area contributed by atoms with Gasteiger partial charge in [-0.15, -0.1) is 45.3 Å². The van der Waals surface area contributed by atoms with Gasteiger partial charge in [-0.1, -0.05) is 109 Å². The maximum Gasteiger partial charge on any atom is 0.0661 e. The fraction of sp³-hybridized carbons (Fsp3) is 0. The summed E-state index contributed by atoms with van der Waals surface area (Å²) < 4.78 is 10.3. The number of para-hydroxylation sites is 2. The van der Waals surface area contributed by atoms with Crippen molar-refractivity contribution in [3.05, 3.63) is 218 Å². The van der Waals surface area contributed by atoms with Gasteiger partial charge in [0.1, 0.15) is 0 Å². The van der Waals surface area contributed by atoms with Gasteiger partial charge in [-0.05, 0) is 120 Å². The quantitative estimate of drug-likeness (QED) is 0.157. The number of fused-ring (bicyclic) bond motifs is 12. The van der Waals surface area contributed by atoms with Crippen LogP contribution in [-0.2, 0) is 0 Å². The molecule has 0 atom stereocenters. The Hall–Kier alpha value is -7.32. The number of nitrogens with zero attached hydrogens (tertiary/aromatic N) is 2. The van der Waals surface area contributed by atoms with Gasteiger partial charge in [-0.3, -0.25) is 0 Å². The first-order valence-electron chi connectivity index (χ1n) is 22.1. The molecule has 14 aromatic rings. The molecule has 14 rings (SSSR count). The molecule has 0 saturated heterocycles. The molecule has 0 fully saturated rings. The molecule has 0 bridgehead atoms. The smallest absolute Gasteiger partial charge is 0.0661 e. The van der Waals surface area contributed by atoms with E-state index in [1.54, 1.807) is 0 Å². The zero-order valence-corrected chi connectivity index (χ0v) is 38.6. The minimum atomic E-state index is 1.10. The summed E-state index contributed by atoms with van der Waals surface area (Å²) in [4.78, 5) is 4.95. The second-order valence-corrected chi connectivity index (χ2v) is 21.1. The Morgan fingerprint density at radius 3 is 1.39 bits per heavy atom. The summed E-state index contributed by atoms with van der Waals surface area (Å²) in [5.41, 5.74) is 9.21. The Labute approximate surface area is 396 Å². The first kappa shape index (κ1) is 38.0. The number of hydrogen-bond donors (Lipinski definition) is 0. The Morgan fingerprint density at radius 1 is 0.258 bits per heavy atom. The van der Waals surface area contributed by atoms with Crippen LogP contribution in [0.3, 0.4) is 0 Å². The highest BCUT2D eigenvalue weighted by Gasteiger charge is 2.24. The SMILES string of the molecule is c1ccc(N(c2ccc3sc4ccccc4c3c2)c2cc(N(c3ccccc3)c3ccc4sc5ccccc5c4c3)c3sc4ccc(-c5cccc6sc7ccccc7c56)cc4c3c2)cc1. The van der Waals surface area contributed by atoms with Crippen molar-refractivity contribution in [1.82, 2.24) is 0 Å². The summed E-state index contributed by atoms with van der Waals surface area (Å²) in [6, 6.07) is 81.1. The highest BCUT2D eigenvalue weighted by molar-refractivity contribution is 7.27. The molecule has 0 aliphatic rings. The molecule has 0 unspecified atom stereocenters. The Morgan fingerprint density at radius 2 is 0.727 bits per heavy atom. The van der Waals surface area contributed by atoms with Gasteiger partial charge >= 0.3 is 0 Å². The summed E-state index contributed by atoms with van der Waals surface area (Å²) in [7, 11) is 0. The van der Waals surface area contributed by atoms with Gasteiger partial charge in [0.25, 0.3) is 0 Å². The minimum absolute atomic E-state index is 1.10. The number of thiophene rings is 4. The van der Waals surface area contributed by atoms with Gasteiger partial charge in [-0.2, -0.15) is 0 Å². The Kier molecular flexibility index (Phi) is 8.71. The first-order chi connectivity index (χ1) is 32.7. The van der Waals surface area contributed by atoms with Gasteiger partial charge in [0.15, 0.2) is 0 Å². The molecule has 66 heavy (non-hydrogen) atoms. The molecule has 4 aromatic heterocycles. The average Bonchev–Trinajstić information content (AvgIpc) is 4.15. The largest absolute Gasteiger partial charge is 0.310 e. The van der Waals surface area contributed by atoms with Gasteiger partial charge in [-0.25, -0.2) is 0 Å². The number of benzene rings is 10. The normalized spacial score (nSPS) is 11.9. The summed E-state index contributed by atoms with van der Waals surface area (Å²) in [5.74, 6) is 0. The van der Waals surface area contributed by atoms with E-state index in [0.717, 1.165) is 34.1 Å². The molecule has 0 saturated carbocycles. The van der Waals surface area contributed by atoms with Crippen LogP contribution >= 0.6 is 45.3 Å². The highest BCUT2D eigenvalue weighted by Crippen LogP contribution is 2.51. The van der Waals surface area contributed by atoms with Gasteiger partial charge < -0.3 is 9.80 Å². The predicted molar refractivity (Wildman–Crippen MR) is 293 cm³/mol. The van der Waals surface area contributed by atoms with Crippen molar-refractivity contribution in [3.8, 4) is 11.1 Å². The lowest BCUT2D eigenvalue weighted by atomic mass is 9.97. The van der Waals surface area contributed by atoms with Gasteiger partial charge in [0.05, 0.1) is 10.4 Å². The van der Waals surface area contributed by atoms with E-state index >= 15 is 0 Å². The molecule has 0 aliphatic carbocycles. The zero-order valence-electron chi connectivity index (χ0n) is 35.3. The molecule has 6 heteroatoms. The summed E-state index contributed by atoms with van der Waals surface area (Å²) >= 11 is 7.49. The fourth-order valence-electron chi connectivity index (χ4n) is 10.1.